The summed E-state index contributed by atoms with van der Waals surface area (Å²) in [4.78, 5) is 9.36. The van der Waals surface area contributed by atoms with E-state index in [1.807, 2.05) is 54.6 Å². The summed E-state index contributed by atoms with van der Waals surface area (Å²) in [6, 6.07) is 24.3. The van der Waals surface area contributed by atoms with E-state index in [0.29, 0.717) is 11.3 Å². The van der Waals surface area contributed by atoms with Crippen LogP contribution in [0.4, 0.5) is 0 Å². The second kappa shape index (κ2) is 7.68. The van der Waals surface area contributed by atoms with Crippen LogP contribution >= 0.6 is 12.2 Å². The number of fused-ring (bicyclic) bond motifs is 1. The predicted molar refractivity (Wildman–Crippen MR) is 120 cm³/mol. The summed E-state index contributed by atoms with van der Waals surface area (Å²) in [6.45, 7) is 2.66. The first-order valence-corrected chi connectivity index (χ1v) is 10.2. The van der Waals surface area contributed by atoms with Gasteiger partial charge in [0.15, 0.2) is 16.4 Å². The topological polar surface area (TPSA) is 64.3 Å². The van der Waals surface area contributed by atoms with E-state index < -0.39 is 0 Å². The lowest BCUT2D eigenvalue weighted by Crippen LogP contribution is -2.14. The number of hydrogen-bond donors (Lipinski definition) is 1. The van der Waals surface area contributed by atoms with Gasteiger partial charge in [0.2, 0.25) is 0 Å². The fourth-order valence-corrected chi connectivity index (χ4v) is 4.11. The summed E-state index contributed by atoms with van der Waals surface area (Å²) in [5.41, 5.74) is 3.96. The van der Waals surface area contributed by atoms with E-state index in [-0.39, 0.29) is 6.04 Å². The lowest BCUT2D eigenvalue weighted by molar-refractivity contribution is 0.580. The maximum atomic E-state index is 5.57. The summed E-state index contributed by atoms with van der Waals surface area (Å²) in [5, 5.41) is 7.53. The van der Waals surface area contributed by atoms with Gasteiger partial charge in [0, 0.05) is 6.20 Å². The van der Waals surface area contributed by atoms with E-state index in [1.54, 1.807) is 6.20 Å². The van der Waals surface area contributed by atoms with Crippen molar-refractivity contribution < 1.29 is 0 Å². The fourth-order valence-electron chi connectivity index (χ4n) is 3.80. The second-order valence-electron chi connectivity index (χ2n) is 7.13. The number of pyridine rings is 1. The van der Waals surface area contributed by atoms with Crippen LogP contribution < -0.4 is 0 Å². The predicted octanol–water partition coefficient (Wildman–Crippen LogP) is 5.01. The largest absolute Gasteiger partial charge is 0.315 e. The molecule has 0 aliphatic carbocycles. The molecule has 30 heavy (non-hydrogen) atoms. The molecule has 0 fully saturated rings. The van der Waals surface area contributed by atoms with Gasteiger partial charge in [0.25, 0.3) is 0 Å². The molecule has 0 saturated carbocycles. The Morgan fingerprint density at radius 3 is 2.53 bits per heavy atom. The average Bonchev–Trinajstić information content (AvgIpc) is 3.35. The Hall–Kier alpha value is -3.58. The Balaban J connectivity index is 1.64. The Labute approximate surface area is 178 Å². The minimum atomic E-state index is 0.0561. The van der Waals surface area contributed by atoms with Gasteiger partial charge in [-0.25, -0.2) is 4.98 Å². The van der Waals surface area contributed by atoms with E-state index in [4.69, 9.17) is 17.2 Å². The number of nitrogens with one attached hydrogen (secondary N) is 1. The summed E-state index contributed by atoms with van der Waals surface area (Å²) in [7, 11) is 0. The molecule has 1 N–H and O–H groups in total. The number of aromatic amines is 1. The van der Waals surface area contributed by atoms with Crippen molar-refractivity contribution in [1.82, 2.24) is 29.3 Å². The zero-order chi connectivity index (χ0) is 20.5. The minimum Gasteiger partial charge on any atom is -0.315 e. The lowest BCUT2D eigenvalue weighted by Gasteiger charge is -2.17. The maximum absolute atomic E-state index is 5.57. The molecule has 0 unspecified atom stereocenters. The molecule has 7 heteroatoms. The lowest BCUT2D eigenvalue weighted by atomic mass is 10.1. The number of rotatable bonds is 5. The third-order valence-electron chi connectivity index (χ3n) is 5.29. The van der Waals surface area contributed by atoms with Gasteiger partial charge in [-0.1, -0.05) is 48.5 Å². The molecule has 0 radical (unpaired) electrons. The number of para-hydroxylation sites is 2. The molecule has 3 heterocycles. The van der Waals surface area contributed by atoms with E-state index >= 15 is 0 Å². The molecule has 5 rings (SSSR count). The molecule has 0 aliphatic heterocycles. The molecule has 0 aliphatic rings. The van der Waals surface area contributed by atoms with Crippen LogP contribution in [0.5, 0.6) is 0 Å². The van der Waals surface area contributed by atoms with Gasteiger partial charge in [-0.3, -0.25) is 14.6 Å². The Bertz CT molecular complexity index is 1350. The SMILES string of the molecule is C[C@H](c1ccccc1)n1c(Cn2c(-c3ccccn3)nc3ccccc32)n[nH]c1=S. The van der Waals surface area contributed by atoms with Crippen molar-refractivity contribution in [2.75, 3.05) is 0 Å². The van der Waals surface area contributed by atoms with Gasteiger partial charge in [-0.15, -0.1) is 0 Å². The first-order valence-electron chi connectivity index (χ1n) is 9.80. The van der Waals surface area contributed by atoms with Crippen LogP contribution in [0.3, 0.4) is 0 Å². The van der Waals surface area contributed by atoms with Crippen molar-refractivity contribution in [3.63, 3.8) is 0 Å². The molecule has 0 saturated heterocycles. The van der Waals surface area contributed by atoms with Gasteiger partial charge in [-0.2, -0.15) is 5.10 Å². The van der Waals surface area contributed by atoms with Crippen molar-refractivity contribution in [1.29, 1.82) is 0 Å². The Morgan fingerprint density at radius 2 is 1.73 bits per heavy atom. The summed E-state index contributed by atoms with van der Waals surface area (Å²) in [6.07, 6.45) is 1.78. The van der Waals surface area contributed by atoms with Crippen LogP contribution in [0.2, 0.25) is 0 Å². The van der Waals surface area contributed by atoms with Crippen LogP contribution in [0.15, 0.2) is 79.0 Å². The third kappa shape index (κ3) is 3.23. The van der Waals surface area contributed by atoms with E-state index in [1.165, 1.54) is 5.56 Å². The van der Waals surface area contributed by atoms with Crippen LogP contribution in [0.25, 0.3) is 22.6 Å². The quantitative estimate of drug-likeness (QED) is 0.412. The van der Waals surface area contributed by atoms with Crippen LogP contribution in [-0.2, 0) is 6.54 Å². The van der Waals surface area contributed by atoms with Crippen molar-refractivity contribution in [2.24, 2.45) is 0 Å². The zero-order valence-corrected chi connectivity index (χ0v) is 17.3. The Kier molecular flexibility index (Phi) is 4.72. The van der Waals surface area contributed by atoms with Crippen LogP contribution in [-0.4, -0.2) is 29.3 Å². The smallest absolute Gasteiger partial charge is 0.195 e. The highest BCUT2D eigenvalue weighted by Crippen LogP contribution is 2.26. The molecule has 3 aromatic heterocycles. The maximum Gasteiger partial charge on any atom is 0.195 e. The fraction of sp³-hybridized carbons (Fsp3) is 0.130. The molecule has 148 valence electrons. The molecule has 2 aromatic carbocycles. The molecule has 0 amide bonds. The van der Waals surface area contributed by atoms with Crippen molar-refractivity contribution >= 4 is 23.3 Å². The van der Waals surface area contributed by atoms with Gasteiger partial charge in [0.05, 0.1) is 23.6 Å². The normalized spacial score (nSPS) is 12.3. The standard InChI is InChI=1S/C23H20N6S/c1-16(17-9-3-2-4-10-17)29-21(26-27-23(29)30)15-28-20-13-6-5-11-18(20)25-22(28)19-12-7-8-14-24-19/h2-14,16H,15H2,1H3,(H,27,30)/t16-/m1/s1. The first-order chi connectivity index (χ1) is 14.7. The van der Waals surface area contributed by atoms with Gasteiger partial charge < -0.3 is 4.57 Å². The van der Waals surface area contributed by atoms with Crippen LogP contribution in [0, 0.1) is 4.77 Å². The van der Waals surface area contributed by atoms with Gasteiger partial charge in [0.1, 0.15) is 5.69 Å². The monoisotopic (exact) mass is 412 g/mol. The van der Waals surface area contributed by atoms with E-state index in [2.05, 4.69) is 49.4 Å². The molecule has 1 atom stereocenters. The highest BCUT2D eigenvalue weighted by molar-refractivity contribution is 7.71. The summed E-state index contributed by atoms with van der Waals surface area (Å²) < 4.78 is 4.82. The highest BCUT2D eigenvalue weighted by Gasteiger charge is 2.19. The molecular formula is C23H20N6S. The zero-order valence-electron chi connectivity index (χ0n) is 16.4. The molecule has 0 bridgehead atoms. The number of hydrogen-bond acceptors (Lipinski definition) is 4. The first kappa shape index (κ1) is 18.4. The third-order valence-corrected chi connectivity index (χ3v) is 5.58. The van der Waals surface area contributed by atoms with Crippen molar-refractivity contribution in [3.05, 3.63) is 95.2 Å². The number of benzene rings is 2. The molecule has 6 nitrogen and oxygen atoms in total. The van der Waals surface area contributed by atoms with Crippen LogP contribution in [0.1, 0.15) is 24.4 Å². The Morgan fingerprint density at radius 1 is 0.967 bits per heavy atom. The van der Waals surface area contributed by atoms with Crippen molar-refractivity contribution in [3.8, 4) is 11.5 Å². The second-order valence-corrected chi connectivity index (χ2v) is 7.51. The summed E-state index contributed by atoms with van der Waals surface area (Å²) >= 11 is 5.57. The van der Waals surface area contributed by atoms with Crippen molar-refractivity contribution in [2.45, 2.75) is 19.5 Å². The highest BCUT2D eigenvalue weighted by atomic mass is 32.1. The number of aromatic nitrogens is 6. The average molecular weight is 413 g/mol. The molecule has 5 aromatic rings. The van der Waals surface area contributed by atoms with Gasteiger partial charge >= 0.3 is 0 Å². The number of nitrogens with zero attached hydrogens (tertiary/aromatic N) is 5. The minimum absolute atomic E-state index is 0.0561. The van der Waals surface area contributed by atoms with E-state index in [0.717, 1.165) is 28.4 Å². The van der Waals surface area contributed by atoms with E-state index in [9.17, 15) is 0 Å². The number of H-pyrrole nitrogens is 1. The summed E-state index contributed by atoms with van der Waals surface area (Å²) in [5.74, 6) is 1.65. The number of imidazole rings is 1. The van der Waals surface area contributed by atoms with Gasteiger partial charge in [-0.05, 0) is 49.0 Å². The molecule has 0 spiro atoms. The molecular weight excluding hydrogens is 392 g/mol.